The Morgan fingerprint density at radius 3 is 2.46 bits per heavy atom. The molecule has 6 heteroatoms. The molecular formula is C22H26N2O4. The summed E-state index contributed by atoms with van der Waals surface area (Å²) in [5, 5.41) is 5.65. The number of benzene rings is 2. The molecule has 0 atom stereocenters. The maximum Gasteiger partial charge on any atom is 0.308 e. The lowest BCUT2D eigenvalue weighted by Crippen LogP contribution is -2.30. The number of ether oxygens (including phenoxy) is 1. The normalized spacial score (nSPS) is 10.2. The minimum atomic E-state index is -0.435. The minimum absolute atomic E-state index is 0.00177. The predicted octanol–water partition coefficient (Wildman–Crippen LogP) is 2.79. The molecule has 148 valence electrons. The van der Waals surface area contributed by atoms with E-state index in [-0.39, 0.29) is 11.8 Å². The van der Waals surface area contributed by atoms with Crippen molar-refractivity contribution in [1.82, 2.24) is 10.6 Å². The van der Waals surface area contributed by atoms with Gasteiger partial charge >= 0.3 is 5.97 Å². The van der Waals surface area contributed by atoms with E-state index >= 15 is 0 Å². The van der Waals surface area contributed by atoms with Crippen molar-refractivity contribution in [3.05, 3.63) is 65.2 Å². The van der Waals surface area contributed by atoms with Gasteiger partial charge in [-0.3, -0.25) is 14.4 Å². The average molecular weight is 382 g/mol. The zero-order valence-corrected chi connectivity index (χ0v) is 16.3. The van der Waals surface area contributed by atoms with Gasteiger partial charge in [0.25, 0.3) is 5.91 Å². The highest BCUT2D eigenvalue weighted by atomic mass is 16.5. The molecule has 0 aromatic heterocycles. The van der Waals surface area contributed by atoms with E-state index in [0.29, 0.717) is 43.7 Å². The third kappa shape index (κ3) is 7.61. The summed E-state index contributed by atoms with van der Waals surface area (Å²) in [6.45, 7) is 4.28. The van der Waals surface area contributed by atoms with Gasteiger partial charge in [0, 0.05) is 32.0 Å². The van der Waals surface area contributed by atoms with Crippen molar-refractivity contribution >= 4 is 17.8 Å². The van der Waals surface area contributed by atoms with Crippen molar-refractivity contribution in [3.63, 3.8) is 0 Å². The second-order valence-electron chi connectivity index (χ2n) is 6.57. The molecule has 6 nitrogen and oxygen atoms in total. The second-order valence-corrected chi connectivity index (χ2v) is 6.57. The SMILES string of the molecule is CC(=O)Oc1cccc(C(=O)NCCCNC(=O)CCc2cccc(C)c2)c1. The Morgan fingerprint density at radius 2 is 1.71 bits per heavy atom. The Kier molecular flexibility index (Phi) is 8.21. The van der Waals surface area contributed by atoms with Gasteiger partial charge in [-0.1, -0.05) is 35.9 Å². The van der Waals surface area contributed by atoms with Crippen LogP contribution in [0.2, 0.25) is 0 Å². The van der Waals surface area contributed by atoms with Crippen molar-refractivity contribution in [1.29, 1.82) is 0 Å². The number of carbonyl (C=O) groups is 3. The molecule has 2 amide bonds. The van der Waals surface area contributed by atoms with Gasteiger partial charge in [-0.2, -0.15) is 0 Å². The van der Waals surface area contributed by atoms with Gasteiger partial charge in [0.1, 0.15) is 5.75 Å². The molecule has 0 spiro atoms. The highest BCUT2D eigenvalue weighted by Gasteiger charge is 2.07. The number of esters is 1. The number of nitrogens with one attached hydrogen (secondary N) is 2. The van der Waals surface area contributed by atoms with Crippen molar-refractivity contribution in [3.8, 4) is 5.75 Å². The third-order valence-corrected chi connectivity index (χ3v) is 4.04. The van der Waals surface area contributed by atoms with E-state index in [1.807, 2.05) is 25.1 Å². The molecule has 2 aromatic carbocycles. The van der Waals surface area contributed by atoms with E-state index < -0.39 is 5.97 Å². The van der Waals surface area contributed by atoms with E-state index in [4.69, 9.17) is 4.74 Å². The van der Waals surface area contributed by atoms with Gasteiger partial charge in [-0.25, -0.2) is 0 Å². The summed E-state index contributed by atoms with van der Waals surface area (Å²) in [4.78, 5) is 35.0. The number of carbonyl (C=O) groups excluding carboxylic acids is 3. The van der Waals surface area contributed by atoms with E-state index in [9.17, 15) is 14.4 Å². The number of aryl methyl sites for hydroxylation is 2. The van der Waals surface area contributed by atoms with Gasteiger partial charge in [-0.05, 0) is 43.5 Å². The second kappa shape index (κ2) is 10.9. The Balaban J connectivity index is 1.63. The Labute approximate surface area is 165 Å². The zero-order chi connectivity index (χ0) is 20.4. The van der Waals surface area contributed by atoms with Crippen LogP contribution in [-0.4, -0.2) is 30.9 Å². The van der Waals surface area contributed by atoms with Crippen molar-refractivity contribution < 1.29 is 19.1 Å². The summed E-state index contributed by atoms with van der Waals surface area (Å²) in [6.07, 6.45) is 1.78. The Bertz CT molecular complexity index is 833. The molecule has 28 heavy (non-hydrogen) atoms. The summed E-state index contributed by atoms with van der Waals surface area (Å²) in [5.41, 5.74) is 2.76. The van der Waals surface area contributed by atoms with Crippen LogP contribution < -0.4 is 15.4 Å². The smallest absolute Gasteiger partial charge is 0.308 e. The Hall–Kier alpha value is -3.15. The molecule has 0 unspecified atom stereocenters. The molecule has 0 aliphatic heterocycles. The van der Waals surface area contributed by atoms with Crippen LogP contribution in [0.25, 0.3) is 0 Å². The summed E-state index contributed by atoms with van der Waals surface area (Å²) in [6, 6.07) is 14.6. The van der Waals surface area contributed by atoms with E-state index in [2.05, 4.69) is 16.7 Å². The van der Waals surface area contributed by atoms with Gasteiger partial charge < -0.3 is 15.4 Å². The van der Waals surface area contributed by atoms with Crippen LogP contribution in [0, 0.1) is 6.92 Å². The topological polar surface area (TPSA) is 84.5 Å². The molecule has 0 bridgehead atoms. The maximum absolute atomic E-state index is 12.1. The first kappa shape index (κ1) is 21.2. The quantitative estimate of drug-likeness (QED) is 0.397. The fourth-order valence-electron chi connectivity index (χ4n) is 2.70. The molecule has 0 radical (unpaired) electrons. The first-order valence-electron chi connectivity index (χ1n) is 9.33. The maximum atomic E-state index is 12.1. The third-order valence-electron chi connectivity index (χ3n) is 4.04. The molecule has 0 aliphatic carbocycles. The lowest BCUT2D eigenvalue weighted by atomic mass is 10.1. The van der Waals surface area contributed by atoms with E-state index in [0.717, 1.165) is 5.56 Å². The highest BCUT2D eigenvalue weighted by Crippen LogP contribution is 2.13. The molecule has 0 saturated carbocycles. The molecule has 0 heterocycles. The summed E-state index contributed by atoms with van der Waals surface area (Å²) < 4.78 is 4.97. The lowest BCUT2D eigenvalue weighted by Gasteiger charge is -2.08. The largest absolute Gasteiger partial charge is 0.427 e. The number of hydrogen-bond acceptors (Lipinski definition) is 4. The number of rotatable bonds is 9. The minimum Gasteiger partial charge on any atom is -0.427 e. The van der Waals surface area contributed by atoms with Gasteiger partial charge in [0.05, 0.1) is 0 Å². The molecule has 2 N–H and O–H groups in total. The van der Waals surface area contributed by atoms with Crippen LogP contribution in [0.1, 0.15) is 41.3 Å². The van der Waals surface area contributed by atoms with Gasteiger partial charge in [0.2, 0.25) is 5.91 Å². The summed E-state index contributed by atoms with van der Waals surface area (Å²) >= 11 is 0. The van der Waals surface area contributed by atoms with Crippen LogP contribution in [0.15, 0.2) is 48.5 Å². The molecule has 2 rings (SSSR count). The monoisotopic (exact) mass is 382 g/mol. The fourth-order valence-corrected chi connectivity index (χ4v) is 2.70. The van der Waals surface area contributed by atoms with Crippen LogP contribution in [0.4, 0.5) is 0 Å². The molecule has 0 aliphatic rings. The van der Waals surface area contributed by atoms with Crippen molar-refractivity contribution in [2.45, 2.75) is 33.1 Å². The average Bonchev–Trinajstić information content (AvgIpc) is 2.65. The van der Waals surface area contributed by atoms with E-state index in [1.165, 1.54) is 18.6 Å². The molecule has 0 saturated heterocycles. The van der Waals surface area contributed by atoms with Crippen LogP contribution >= 0.6 is 0 Å². The first-order chi connectivity index (χ1) is 13.4. The van der Waals surface area contributed by atoms with Crippen LogP contribution in [0.3, 0.4) is 0 Å². The fraction of sp³-hybridized carbons (Fsp3) is 0.318. The standard InChI is InChI=1S/C22H26N2O4/c1-16-6-3-7-18(14-16)10-11-21(26)23-12-5-13-24-22(27)19-8-4-9-20(15-19)28-17(2)25/h3-4,6-9,14-15H,5,10-13H2,1-2H3,(H,23,26)(H,24,27). The first-order valence-corrected chi connectivity index (χ1v) is 9.33. The van der Waals surface area contributed by atoms with E-state index in [1.54, 1.807) is 18.2 Å². The van der Waals surface area contributed by atoms with Crippen LogP contribution in [0.5, 0.6) is 5.75 Å². The number of amides is 2. The Morgan fingerprint density at radius 1 is 0.964 bits per heavy atom. The summed E-state index contributed by atoms with van der Waals surface area (Å²) in [7, 11) is 0. The van der Waals surface area contributed by atoms with Crippen molar-refractivity contribution in [2.24, 2.45) is 0 Å². The van der Waals surface area contributed by atoms with Crippen molar-refractivity contribution in [2.75, 3.05) is 13.1 Å². The molecule has 0 fully saturated rings. The lowest BCUT2D eigenvalue weighted by molar-refractivity contribution is -0.131. The predicted molar refractivity (Wildman–Crippen MR) is 107 cm³/mol. The highest BCUT2D eigenvalue weighted by molar-refractivity contribution is 5.94. The molecule has 2 aromatic rings. The number of hydrogen-bond donors (Lipinski definition) is 2. The zero-order valence-electron chi connectivity index (χ0n) is 16.3. The van der Waals surface area contributed by atoms with Gasteiger partial charge in [0.15, 0.2) is 0 Å². The summed E-state index contributed by atoms with van der Waals surface area (Å²) in [5.74, 6) is -0.349. The molecular weight excluding hydrogens is 356 g/mol. The van der Waals surface area contributed by atoms with Gasteiger partial charge in [-0.15, -0.1) is 0 Å². The van der Waals surface area contributed by atoms with Crippen LogP contribution in [-0.2, 0) is 16.0 Å².